The monoisotopic (exact) mass is 482 g/mol. The Balaban J connectivity index is 1.10. The van der Waals surface area contributed by atoms with Crippen LogP contribution in [-0.2, 0) is 5.41 Å². The van der Waals surface area contributed by atoms with E-state index in [4.69, 9.17) is 20.5 Å². The van der Waals surface area contributed by atoms with E-state index in [0.717, 1.165) is 18.4 Å². The van der Waals surface area contributed by atoms with Crippen LogP contribution >= 0.6 is 11.6 Å². The highest BCUT2D eigenvalue weighted by Gasteiger charge is 2.49. The lowest BCUT2D eigenvalue weighted by atomic mass is 10.1. The number of nitrogens with zero attached hydrogens (tertiary/aromatic N) is 6. The summed E-state index contributed by atoms with van der Waals surface area (Å²) in [6.45, 7) is 1.76. The third kappa shape index (κ3) is 3.67. The molecule has 2 fully saturated rings. The van der Waals surface area contributed by atoms with E-state index in [0.29, 0.717) is 65.9 Å². The van der Waals surface area contributed by atoms with Crippen molar-refractivity contribution >= 4 is 34.8 Å². The van der Waals surface area contributed by atoms with Crippen LogP contribution in [0.25, 0.3) is 22.6 Å². The van der Waals surface area contributed by atoms with Crippen molar-refractivity contribution in [3.63, 3.8) is 0 Å². The van der Waals surface area contributed by atoms with Gasteiger partial charge < -0.3 is 18.7 Å². The summed E-state index contributed by atoms with van der Waals surface area (Å²) >= 11 is 5.92. The van der Waals surface area contributed by atoms with Gasteiger partial charge in [-0.2, -0.15) is 9.97 Å². The Morgan fingerprint density at radius 3 is 2.50 bits per heavy atom. The number of piperazine rings is 1. The summed E-state index contributed by atoms with van der Waals surface area (Å²) < 4.78 is 24.3. The Kier molecular flexibility index (Phi) is 4.98. The van der Waals surface area contributed by atoms with Gasteiger partial charge in [0, 0.05) is 37.3 Å². The summed E-state index contributed by atoms with van der Waals surface area (Å²) in [6, 6.07) is 10.9. The number of alkyl halides is 1. The third-order valence-electron chi connectivity index (χ3n) is 6.42. The Morgan fingerprint density at radius 1 is 1.03 bits per heavy atom. The molecule has 0 N–H and O–H groups in total. The molecule has 1 amide bonds. The van der Waals surface area contributed by atoms with Crippen LogP contribution in [0.3, 0.4) is 0 Å². The molecule has 34 heavy (non-hydrogen) atoms. The lowest BCUT2D eigenvalue weighted by Crippen LogP contribution is -2.48. The summed E-state index contributed by atoms with van der Waals surface area (Å²) in [6.07, 6.45) is 1.45. The van der Waals surface area contributed by atoms with E-state index in [9.17, 15) is 9.18 Å². The van der Waals surface area contributed by atoms with Gasteiger partial charge in [-0.1, -0.05) is 28.9 Å². The molecular formula is C23H20ClFN6O3. The van der Waals surface area contributed by atoms with Gasteiger partial charge in [0.05, 0.1) is 5.41 Å². The molecule has 2 aliphatic rings. The molecule has 1 saturated carbocycles. The second kappa shape index (κ2) is 8.05. The van der Waals surface area contributed by atoms with Crippen LogP contribution in [0.15, 0.2) is 45.3 Å². The maximum atomic E-state index is 13.2. The maximum absolute atomic E-state index is 13.2. The first-order valence-electron chi connectivity index (χ1n) is 11.0. The van der Waals surface area contributed by atoms with Gasteiger partial charge >= 0.3 is 0 Å². The van der Waals surface area contributed by atoms with E-state index in [1.54, 1.807) is 41.3 Å². The van der Waals surface area contributed by atoms with Crippen molar-refractivity contribution in [1.82, 2.24) is 25.0 Å². The molecule has 0 unspecified atom stereocenters. The molecule has 0 radical (unpaired) electrons. The molecule has 6 rings (SSSR count). The summed E-state index contributed by atoms with van der Waals surface area (Å²) in [5, 5.41) is 4.34. The van der Waals surface area contributed by atoms with Crippen LogP contribution in [0.1, 0.15) is 29.1 Å². The number of rotatable bonds is 5. The van der Waals surface area contributed by atoms with Crippen molar-refractivity contribution in [2.75, 3.05) is 37.8 Å². The largest absolute Gasteiger partial charge is 0.422 e. The van der Waals surface area contributed by atoms with Crippen molar-refractivity contribution in [2.24, 2.45) is 0 Å². The molecule has 0 atom stereocenters. The molecule has 9 nitrogen and oxygen atoms in total. The van der Waals surface area contributed by atoms with Crippen LogP contribution in [0.4, 0.5) is 10.4 Å². The molecule has 3 aromatic heterocycles. The predicted molar refractivity (Wildman–Crippen MR) is 122 cm³/mol. The Morgan fingerprint density at radius 2 is 1.79 bits per heavy atom. The standard InChI is InChI=1S/C23H20ClFN6O3/c24-17-6-5-16-19(26-17)28-22(33-16)31-11-9-30(10-12-31)20(32)15-3-1-14(2-4-15)18-27-21(34-29-18)23(13-25)7-8-23/h1-6H,7-13H2. The average Bonchev–Trinajstić information content (AvgIpc) is 3.31. The molecule has 1 aromatic carbocycles. The SMILES string of the molecule is O=C(c1ccc(-c2noc(C3(CF)CC3)n2)cc1)N1CCN(c2nc3nc(Cl)ccc3o2)CC1. The highest BCUT2D eigenvalue weighted by molar-refractivity contribution is 6.29. The zero-order valence-electron chi connectivity index (χ0n) is 18.1. The van der Waals surface area contributed by atoms with Crippen molar-refractivity contribution in [1.29, 1.82) is 0 Å². The van der Waals surface area contributed by atoms with Gasteiger partial charge in [0.1, 0.15) is 11.8 Å². The third-order valence-corrected chi connectivity index (χ3v) is 6.64. The van der Waals surface area contributed by atoms with E-state index in [-0.39, 0.29) is 5.91 Å². The Hall–Kier alpha value is -3.53. The number of benzene rings is 1. The fraction of sp³-hybridized carbons (Fsp3) is 0.348. The molecule has 4 aromatic rings. The number of oxazole rings is 1. The number of halogens is 2. The van der Waals surface area contributed by atoms with Gasteiger partial charge in [-0.05, 0) is 37.1 Å². The molecule has 0 spiro atoms. The van der Waals surface area contributed by atoms with Gasteiger partial charge in [-0.25, -0.2) is 9.37 Å². The molecule has 174 valence electrons. The van der Waals surface area contributed by atoms with E-state index in [1.165, 1.54) is 0 Å². The number of fused-ring (bicyclic) bond motifs is 1. The number of amides is 1. The number of hydrogen-bond donors (Lipinski definition) is 0. The van der Waals surface area contributed by atoms with E-state index in [2.05, 4.69) is 20.1 Å². The van der Waals surface area contributed by atoms with Crippen molar-refractivity contribution in [3.05, 3.63) is 53.0 Å². The van der Waals surface area contributed by atoms with Crippen LogP contribution in [-0.4, -0.2) is 63.8 Å². The highest BCUT2D eigenvalue weighted by atomic mass is 35.5. The average molecular weight is 483 g/mol. The van der Waals surface area contributed by atoms with E-state index < -0.39 is 12.1 Å². The van der Waals surface area contributed by atoms with Gasteiger partial charge in [0.25, 0.3) is 11.9 Å². The first kappa shape index (κ1) is 21.0. The first-order chi connectivity index (χ1) is 16.5. The molecular weight excluding hydrogens is 463 g/mol. The predicted octanol–water partition coefficient (Wildman–Crippen LogP) is 3.89. The minimum Gasteiger partial charge on any atom is -0.422 e. The second-order valence-corrected chi connectivity index (χ2v) is 9.03. The summed E-state index contributed by atoms with van der Waals surface area (Å²) in [5.41, 5.74) is 1.74. The first-order valence-corrected chi connectivity index (χ1v) is 11.4. The molecule has 1 aliphatic carbocycles. The normalized spacial score (nSPS) is 17.4. The Labute approximate surface area is 198 Å². The topological polar surface area (TPSA) is 101 Å². The zero-order chi connectivity index (χ0) is 23.3. The smallest absolute Gasteiger partial charge is 0.300 e. The summed E-state index contributed by atoms with van der Waals surface area (Å²) in [7, 11) is 0. The Bertz CT molecular complexity index is 1360. The van der Waals surface area contributed by atoms with Crippen molar-refractivity contribution < 1.29 is 18.1 Å². The lowest BCUT2D eigenvalue weighted by molar-refractivity contribution is 0.0745. The van der Waals surface area contributed by atoms with Crippen molar-refractivity contribution in [2.45, 2.75) is 18.3 Å². The number of hydrogen-bond acceptors (Lipinski definition) is 8. The van der Waals surface area contributed by atoms with E-state index in [1.807, 2.05) is 4.90 Å². The summed E-state index contributed by atoms with van der Waals surface area (Å²) in [5.74, 6) is 0.692. The minimum absolute atomic E-state index is 0.0552. The second-order valence-electron chi connectivity index (χ2n) is 8.65. The molecule has 11 heteroatoms. The quantitative estimate of drug-likeness (QED) is 0.395. The zero-order valence-corrected chi connectivity index (χ0v) is 18.8. The molecule has 1 aliphatic heterocycles. The van der Waals surface area contributed by atoms with Crippen LogP contribution in [0.5, 0.6) is 0 Å². The number of anilines is 1. The minimum atomic E-state index is -0.593. The number of carbonyl (C=O) groups is 1. The van der Waals surface area contributed by atoms with Gasteiger partial charge in [0.2, 0.25) is 17.4 Å². The number of carbonyl (C=O) groups excluding carboxylic acids is 1. The molecule has 1 saturated heterocycles. The van der Waals surface area contributed by atoms with Gasteiger partial charge in [0.15, 0.2) is 5.58 Å². The number of pyridine rings is 1. The van der Waals surface area contributed by atoms with Gasteiger partial charge in [-0.3, -0.25) is 4.79 Å². The summed E-state index contributed by atoms with van der Waals surface area (Å²) in [4.78, 5) is 29.7. The van der Waals surface area contributed by atoms with E-state index >= 15 is 0 Å². The van der Waals surface area contributed by atoms with Crippen molar-refractivity contribution in [3.8, 4) is 11.4 Å². The highest BCUT2D eigenvalue weighted by Crippen LogP contribution is 2.48. The maximum Gasteiger partial charge on any atom is 0.300 e. The fourth-order valence-corrected chi connectivity index (χ4v) is 4.22. The van der Waals surface area contributed by atoms with Crippen LogP contribution in [0.2, 0.25) is 5.15 Å². The molecule has 0 bridgehead atoms. The molecule has 4 heterocycles. The lowest BCUT2D eigenvalue weighted by Gasteiger charge is -2.33. The number of aromatic nitrogens is 4. The van der Waals surface area contributed by atoms with Crippen LogP contribution in [0, 0.1) is 0 Å². The fourth-order valence-electron chi connectivity index (χ4n) is 4.08. The van der Waals surface area contributed by atoms with Gasteiger partial charge in [-0.15, -0.1) is 0 Å². The van der Waals surface area contributed by atoms with Crippen LogP contribution < -0.4 is 4.90 Å².